The van der Waals surface area contributed by atoms with Crippen LogP contribution in [0.1, 0.15) is 43.3 Å². The molecule has 0 radical (unpaired) electrons. The van der Waals surface area contributed by atoms with Crippen molar-refractivity contribution < 1.29 is 18.1 Å². The van der Waals surface area contributed by atoms with E-state index in [2.05, 4.69) is 10.1 Å². The number of carbonyl (C=O) groups is 1. The van der Waals surface area contributed by atoms with Crippen LogP contribution >= 0.6 is 12.4 Å². The third-order valence-corrected chi connectivity index (χ3v) is 4.81. The maximum Gasteiger partial charge on any atom is 0.232 e. The Morgan fingerprint density at radius 2 is 2.08 bits per heavy atom. The van der Waals surface area contributed by atoms with Crippen LogP contribution in [-0.4, -0.2) is 22.6 Å². The quantitative estimate of drug-likeness (QED) is 0.897. The van der Waals surface area contributed by atoms with Crippen molar-refractivity contribution in [3.8, 4) is 0 Å². The molecule has 2 aliphatic rings. The minimum absolute atomic E-state index is 0. The predicted molar refractivity (Wildman–Crippen MR) is 87.3 cm³/mol. The van der Waals surface area contributed by atoms with E-state index in [9.17, 15) is 13.6 Å². The maximum atomic E-state index is 13.9. The molecule has 25 heavy (non-hydrogen) atoms. The number of nitrogens with two attached hydrogens (primary N) is 1. The van der Waals surface area contributed by atoms with Gasteiger partial charge in [-0.05, 0) is 31.4 Å². The zero-order chi connectivity index (χ0) is 16.9. The lowest BCUT2D eigenvalue weighted by Gasteiger charge is -2.34. The van der Waals surface area contributed by atoms with Crippen molar-refractivity contribution in [2.45, 2.75) is 37.1 Å². The molecule has 1 unspecified atom stereocenters. The van der Waals surface area contributed by atoms with Gasteiger partial charge in [-0.2, -0.15) is 4.98 Å². The first kappa shape index (κ1) is 17.8. The fourth-order valence-electron chi connectivity index (χ4n) is 3.19. The second-order valence-electron chi connectivity index (χ2n) is 6.47. The summed E-state index contributed by atoms with van der Waals surface area (Å²) in [5.41, 5.74) is 5.69. The highest BCUT2D eigenvalue weighted by Gasteiger charge is 2.41. The van der Waals surface area contributed by atoms with Crippen LogP contribution in [0.15, 0.2) is 22.7 Å². The van der Waals surface area contributed by atoms with Crippen LogP contribution in [0.4, 0.5) is 14.5 Å². The highest BCUT2D eigenvalue weighted by atomic mass is 35.5. The average molecular weight is 371 g/mol. The van der Waals surface area contributed by atoms with E-state index in [1.807, 2.05) is 0 Å². The van der Waals surface area contributed by atoms with Crippen molar-refractivity contribution in [1.82, 2.24) is 10.1 Å². The molecule has 6 nitrogen and oxygen atoms in total. The lowest BCUT2D eigenvalue weighted by molar-refractivity contribution is -0.117. The predicted octanol–water partition coefficient (Wildman–Crippen LogP) is 2.63. The third-order valence-electron chi connectivity index (χ3n) is 4.81. The van der Waals surface area contributed by atoms with Crippen LogP contribution in [0.3, 0.4) is 0 Å². The van der Waals surface area contributed by atoms with Gasteiger partial charge in [0.2, 0.25) is 11.8 Å². The highest BCUT2D eigenvalue weighted by Crippen LogP contribution is 2.38. The van der Waals surface area contributed by atoms with Crippen LogP contribution in [0, 0.1) is 11.6 Å². The Labute approximate surface area is 148 Å². The van der Waals surface area contributed by atoms with Crippen molar-refractivity contribution in [3.05, 3.63) is 41.5 Å². The highest BCUT2D eigenvalue weighted by molar-refractivity contribution is 5.96. The SMILES string of the molecule is Cl.NC1(c2noc(C3CC(=O)N(c4ccc(F)cc4F)C3)n2)CCC1. The van der Waals surface area contributed by atoms with Gasteiger partial charge in [-0.1, -0.05) is 5.16 Å². The first-order valence-corrected chi connectivity index (χ1v) is 7.85. The molecule has 1 aromatic carbocycles. The summed E-state index contributed by atoms with van der Waals surface area (Å²) in [6.07, 6.45) is 2.78. The van der Waals surface area contributed by atoms with Gasteiger partial charge in [0.25, 0.3) is 0 Å². The molecule has 1 saturated heterocycles. The number of nitrogens with zero attached hydrogens (tertiary/aromatic N) is 3. The maximum absolute atomic E-state index is 13.9. The fourth-order valence-corrected chi connectivity index (χ4v) is 3.19. The molecule has 134 valence electrons. The number of aromatic nitrogens is 2. The summed E-state index contributed by atoms with van der Waals surface area (Å²) in [5.74, 6) is -1.26. The fraction of sp³-hybridized carbons (Fsp3) is 0.438. The zero-order valence-corrected chi connectivity index (χ0v) is 14.1. The van der Waals surface area contributed by atoms with Crippen LogP contribution in [0.2, 0.25) is 0 Å². The van der Waals surface area contributed by atoms with Crippen molar-refractivity contribution in [2.75, 3.05) is 11.4 Å². The van der Waals surface area contributed by atoms with Gasteiger partial charge in [-0.15, -0.1) is 12.4 Å². The molecule has 0 bridgehead atoms. The molecule has 0 spiro atoms. The van der Waals surface area contributed by atoms with Gasteiger partial charge in [0.15, 0.2) is 5.82 Å². The summed E-state index contributed by atoms with van der Waals surface area (Å²) >= 11 is 0. The molecule has 1 aliphatic heterocycles. The topological polar surface area (TPSA) is 85.2 Å². The van der Waals surface area contributed by atoms with Gasteiger partial charge in [-0.3, -0.25) is 4.79 Å². The van der Waals surface area contributed by atoms with E-state index in [0.29, 0.717) is 11.7 Å². The molecule has 2 heterocycles. The molecule has 2 fully saturated rings. The number of hydrogen-bond acceptors (Lipinski definition) is 5. The van der Waals surface area contributed by atoms with Crippen molar-refractivity contribution >= 4 is 24.0 Å². The Morgan fingerprint density at radius 3 is 2.72 bits per heavy atom. The Morgan fingerprint density at radius 1 is 1.32 bits per heavy atom. The molecule has 2 aromatic rings. The number of halogens is 3. The second-order valence-corrected chi connectivity index (χ2v) is 6.47. The van der Waals surface area contributed by atoms with Crippen LogP contribution in [0.25, 0.3) is 0 Å². The number of rotatable bonds is 3. The van der Waals surface area contributed by atoms with E-state index in [1.165, 1.54) is 11.0 Å². The van der Waals surface area contributed by atoms with Crippen LogP contribution in [-0.2, 0) is 10.3 Å². The molecule has 2 N–H and O–H groups in total. The van der Waals surface area contributed by atoms with E-state index < -0.39 is 17.2 Å². The first-order valence-electron chi connectivity index (χ1n) is 7.85. The van der Waals surface area contributed by atoms with Gasteiger partial charge >= 0.3 is 0 Å². The van der Waals surface area contributed by atoms with E-state index in [4.69, 9.17) is 10.3 Å². The monoisotopic (exact) mass is 370 g/mol. The Balaban J connectivity index is 0.00000182. The molecule has 1 aliphatic carbocycles. The Bertz CT molecular complexity index is 809. The average Bonchev–Trinajstić information content (AvgIpc) is 3.12. The smallest absolute Gasteiger partial charge is 0.232 e. The number of amides is 1. The molecule has 1 aromatic heterocycles. The largest absolute Gasteiger partial charge is 0.339 e. The Hall–Kier alpha value is -2.06. The first-order chi connectivity index (χ1) is 11.5. The van der Waals surface area contributed by atoms with Gasteiger partial charge < -0.3 is 15.2 Å². The lowest BCUT2D eigenvalue weighted by atomic mass is 9.77. The molecule has 4 rings (SSSR count). The van der Waals surface area contributed by atoms with E-state index in [0.717, 1.165) is 31.4 Å². The molecule has 1 saturated carbocycles. The van der Waals surface area contributed by atoms with Crippen molar-refractivity contribution in [1.29, 1.82) is 0 Å². The summed E-state index contributed by atoms with van der Waals surface area (Å²) in [7, 11) is 0. The van der Waals surface area contributed by atoms with E-state index in [1.54, 1.807) is 0 Å². The molecule has 1 amide bonds. The van der Waals surface area contributed by atoms with Gasteiger partial charge in [0, 0.05) is 19.0 Å². The summed E-state index contributed by atoms with van der Waals surface area (Å²) in [4.78, 5) is 17.8. The van der Waals surface area contributed by atoms with Gasteiger partial charge in [0.1, 0.15) is 11.6 Å². The van der Waals surface area contributed by atoms with E-state index >= 15 is 0 Å². The van der Waals surface area contributed by atoms with Crippen molar-refractivity contribution in [2.24, 2.45) is 5.73 Å². The normalized spacial score (nSPS) is 21.8. The zero-order valence-electron chi connectivity index (χ0n) is 13.2. The minimum atomic E-state index is -0.773. The number of hydrogen-bond donors (Lipinski definition) is 1. The minimum Gasteiger partial charge on any atom is -0.339 e. The molecular weight excluding hydrogens is 354 g/mol. The summed E-state index contributed by atoms with van der Waals surface area (Å²) < 4.78 is 32.2. The van der Waals surface area contributed by atoms with Crippen LogP contribution in [0.5, 0.6) is 0 Å². The van der Waals surface area contributed by atoms with Crippen LogP contribution < -0.4 is 10.6 Å². The number of benzene rings is 1. The van der Waals surface area contributed by atoms with Gasteiger partial charge in [0.05, 0.1) is 17.1 Å². The number of carbonyl (C=O) groups excluding carboxylic acids is 1. The van der Waals surface area contributed by atoms with Gasteiger partial charge in [-0.25, -0.2) is 8.78 Å². The molecule has 9 heteroatoms. The molecular formula is C16H17ClF2N4O2. The summed E-state index contributed by atoms with van der Waals surface area (Å²) in [6, 6.07) is 3.14. The molecule has 1 atom stereocenters. The Kier molecular flexibility index (Phi) is 4.51. The summed E-state index contributed by atoms with van der Waals surface area (Å²) in [6.45, 7) is 0.209. The second kappa shape index (κ2) is 6.34. The number of anilines is 1. The summed E-state index contributed by atoms with van der Waals surface area (Å²) in [5, 5.41) is 3.94. The van der Waals surface area contributed by atoms with Crippen molar-refractivity contribution in [3.63, 3.8) is 0 Å². The lowest BCUT2D eigenvalue weighted by Crippen LogP contribution is -2.44. The third kappa shape index (κ3) is 3.00. The van der Waals surface area contributed by atoms with E-state index in [-0.39, 0.29) is 42.9 Å². The standard InChI is InChI=1S/C16H16F2N4O2.ClH/c17-10-2-3-12(11(18)7-10)22-8-9(6-13(22)23)14-20-15(21-24-14)16(19)4-1-5-16;/h2-3,7,9H,1,4-6,8,19H2;1H.